The summed E-state index contributed by atoms with van der Waals surface area (Å²) in [6, 6.07) is 20.8. The van der Waals surface area contributed by atoms with Crippen molar-refractivity contribution in [1.29, 1.82) is 0 Å². The summed E-state index contributed by atoms with van der Waals surface area (Å²) in [7, 11) is 0. The molecule has 1 fully saturated rings. The molecule has 0 spiro atoms. The van der Waals surface area contributed by atoms with Crippen molar-refractivity contribution in [2.24, 2.45) is 5.92 Å². The quantitative estimate of drug-likeness (QED) is 0.778. The van der Waals surface area contributed by atoms with Gasteiger partial charge in [0.2, 0.25) is 0 Å². The molecule has 3 nitrogen and oxygen atoms in total. The Bertz CT molecular complexity index is 796. The summed E-state index contributed by atoms with van der Waals surface area (Å²) in [5, 5.41) is 0. The first-order valence-corrected chi connectivity index (χ1v) is 10.7. The molecule has 1 saturated heterocycles. The van der Waals surface area contributed by atoms with Crippen LogP contribution in [0.5, 0.6) is 0 Å². The molecule has 2 aliphatic heterocycles. The van der Waals surface area contributed by atoms with E-state index in [0.717, 1.165) is 48.6 Å². The fourth-order valence-electron chi connectivity index (χ4n) is 3.81. The van der Waals surface area contributed by atoms with Crippen LogP contribution in [-0.4, -0.2) is 36.3 Å². The average Bonchev–Trinajstić information content (AvgIpc) is 2.75. The van der Waals surface area contributed by atoms with Gasteiger partial charge in [-0.3, -0.25) is 4.79 Å². The first kappa shape index (κ1) is 18.2. The summed E-state index contributed by atoms with van der Waals surface area (Å²) in [4.78, 5) is 16.1. The lowest BCUT2D eigenvalue weighted by Crippen LogP contribution is -2.40. The van der Waals surface area contributed by atoms with Crippen LogP contribution in [0.2, 0.25) is 0 Å². The first-order valence-electron chi connectivity index (χ1n) is 9.70. The second-order valence-corrected chi connectivity index (χ2v) is 8.25. The second kappa shape index (κ2) is 8.66. The van der Waals surface area contributed by atoms with Crippen LogP contribution in [-0.2, 0) is 16.0 Å². The number of ether oxygens (including phenoxy) is 1. The van der Waals surface area contributed by atoms with E-state index >= 15 is 0 Å². The van der Waals surface area contributed by atoms with E-state index in [1.54, 1.807) is 11.8 Å². The number of nitrogens with zero attached hydrogens (tertiary/aromatic N) is 1. The molecule has 2 heterocycles. The highest BCUT2D eigenvalue weighted by Crippen LogP contribution is 2.36. The molecule has 2 aliphatic rings. The Labute approximate surface area is 165 Å². The lowest BCUT2D eigenvalue weighted by Gasteiger charge is -2.33. The van der Waals surface area contributed by atoms with Gasteiger partial charge in [0.15, 0.2) is 5.76 Å². The maximum Gasteiger partial charge on any atom is 0.290 e. The zero-order valence-electron chi connectivity index (χ0n) is 15.5. The van der Waals surface area contributed by atoms with Gasteiger partial charge in [0.05, 0.1) is 11.5 Å². The molecule has 0 unspecified atom stereocenters. The molecule has 27 heavy (non-hydrogen) atoms. The molecule has 4 heteroatoms. The smallest absolute Gasteiger partial charge is 0.290 e. The van der Waals surface area contributed by atoms with Gasteiger partial charge >= 0.3 is 0 Å². The Balaban J connectivity index is 1.43. The van der Waals surface area contributed by atoms with Crippen molar-refractivity contribution < 1.29 is 9.53 Å². The van der Waals surface area contributed by atoms with Crippen LogP contribution in [0.15, 0.2) is 66.4 Å². The third-order valence-electron chi connectivity index (χ3n) is 5.28. The predicted molar refractivity (Wildman–Crippen MR) is 111 cm³/mol. The molecule has 0 atom stereocenters. The van der Waals surface area contributed by atoms with Crippen LogP contribution >= 0.6 is 11.8 Å². The Morgan fingerprint density at radius 2 is 1.67 bits per heavy atom. The predicted octanol–water partition coefficient (Wildman–Crippen LogP) is 4.60. The summed E-state index contributed by atoms with van der Waals surface area (Å²) in [5.41, 5.74) is 2.47. The SMILES string of the molecule is O=C(C1=C(c2ccccc2)SCCO1)N1CCC(Cc2ccccc2)CC1. The number of rotatable bonds is 4. The summed E-state index contributed by atoms with van der Waals surface area (Å²) >= 11 is 1.73. The van der Waals surface area contributed by atoms with Crippen LogP contribution in [0, 0.1) is 5.92 Å². The van der Waals surface area contributed by atoms with Crippen molar-refractivity contribution in [3.05, 3.63) is 77.5 Å². The minimum Gasteiger partial charge on any atom is -0.486 e. The van der Waals surface area contributed by atoms with Gasteiger partial charge in [0.25, 0.3) is 5.91 Å². The van der Waals surface area contributed by atoms with E-state index in [0.29, 0.717) is 18.3 Å². The maximum absolute atomic E-state index is 13.1. The number of benzene rings is 2. The highest BCUT2D eigenvalue weighted by atomic mass is 32.2. The molecule has 140 valence electrons. The van der Waals surface area contributed by atoms with Gasteiger partial charge in [0.1, 0.15) is 0 Å². The van der Waals surface area contributed by atoms with Crippen molar-refractivity contribution in [1.82, 2.24) is 4.90 Å². The fourth-order valence-corrected chi connectivity index (χ4v) is 4.76. The van der Waals surface area contributed by atoms with Crippen molar-refractivity contribution >= 4 is 22.6 Å². The number of carbonyl (C=O) groups is 1. The third-order valence-corrected chi connectivity index (χ3v) is 6.36. The highest BCUT2D eigenvalue weighted by Gasteiger charge is 2.30. The number of amides is 1. The number of hydrogen-bond acceptors (Lipinski definition) is 3. The van der Waals surface area contributed by atoms with Gasteiger partial charge in [-0.1, -0.05) is 60.7 Å². The topological polar surface area (TPSA) is 29.5 Å². The minimum absolute atomic E-state index is 0.0548. The molecule has 0 bridgehead atoms. The van der Waals surface area contributed by atoms with Gasteiger partial charge in [-0.2, -0.15) is 0 Å². The maximum atomic E-state index is 13.1. The van der Waals surface area contributed by atoms with Crippen LogP contribution < -0.4 is 0 Å². The van der Waals surface area contributed by atoms with E-state index in [-0.39, 0.29) is 5.91 Å². The summed E-state index contributed by atoms with van der Waals surface area (Å²) in [6.45, 7) is 2.23. The molecule has 0 N–H and O–H groups in total. The molecule has 4 rings (SSSR count). The minimum atomic E-state index is 0.0548. The molecule has 2 aromatic carbocycles. The highest BCUT2D eigenvalue weighted by molar-refractivity contribution is 8.08. The summed E-state index contributed by atoms with van der Waals surface area (Å²) in [5.74, 6) is 2.14. The van der Waals surface area contributed by atoms with Crippen molar-refractivity contribution in [2.75, 3.05) is 25.4 Å². The molecule has 0 aromatic heterocycles. The fraction of sp³-hybridized carbons (Fsp3) is 0.348. The third kappa shape index (κ3) is 4.38. The Morgan fingerprint density at radius 1 is 1.00 bits per heavy atom. The Hall–Kier alpha value is -2.20. The van der Waals surface area contributed by atoms with Crippen molar-refractivity contribution in [3.63, 3.8) is 0 Å². The van der Waals surface area contributed by atoms with Gasteiger partial charge in [0, 0.05) is 18.8 Å². The average molecular weight is 380 g/mol. The number of hydrogen-bond donors (Lipinski definition) is 0. The van der Waals surface area contributed by atoms with Crippen LogP contribution in [0.25, 0.3) is 4.91 Å². The Kier molecular flexibility index (Phi) is 5.83. The molecule has 1 amide bonds. The number of piperidine rings is 1. The van der Waals surface area contributed by atoms with E-state index in [9.17, 15) is 4.79 Å². The molecular formula is C23H25NO2S. The van der Waals surface area contributed by atoms with E-state index in [2.05, 4.69) is 42.5 Å². The van der Waals surface area contributed by atoms with E-state index < -0.39 is 0 Å². The Morgan fingerprint density at radius 3 is 2.37 bits per heavy atom. The monoisotopic (exact) mass is 379 g/mol. The van der Waals surface area contributed by atoms with E-state index in [1.165, 1.54) is 5.56 Å². The standard InChI is InChI=1S/C23H25NO2S/c25-23(21-22(27-16-15-26-21)20-9-5-2-6-10-20)24-13-11-19(12-14-24)17-18-7-3-1-4-8-18/h1-10,19H,11-17H2. The zero-order chi connectivity index (χ0) is 18.5. The molecular weight excluding hydrogens is 354 g/mol. The lowest BCUT2D eigenvalue weighted by molar-refractivity contribution is -0.132. The van der Waals surface area contributed by atoms with Crippen molar-refractivity contribution in [3.8, 4) is 0 Å². The first-order chi connectivity index (χ1) is 13.3. The molecule has 0 saturated carbocycles. The normalized spacial score (nSPS) is 18.3. The van der Waals surface area contributed by atoms with Gasteiger partial charge in [-0.15, -0.1) is 11.8 Å². The molecule has 0 radical (unpaired) electrons. The second-order valence-electron chi connectivity index (χ2n) is 7.15. The number of likely N-dealkylation sites (tertiary alicyclic amines) is 1. The van der Waals surface area contributed by atoms with Crippen LogP contribution in [0.1, 0.15) is 24.0 Å². The number of thioether (sulfide) groups is 1. The number of carbonyl (C=O) groups excluding carboxylic acids is 1. The van der Waals surface area contributed by atoms with Crippen LogP contribution in [0.4, 0.5) is 0 Å². The lowest BCUT2D eigenvalue weighted by atomic mass is 9.90. The summed E-state index contributed by atoms with van der Waals surface area (Å²) in [6.07, 6.45) is 3.22. The van der Waals surface area contributed by atoms with Gasteiger partial charge in [-0.25, -0.2) is 0 Å². The molecule has 2 aromatic rings. The van der Waals surface area contributed by atoms with Gasteiger partial charge < -0.3 is 9.64 Å². The van der Waals surface area contributed by atoms with Crippen molar-refractivity contribution in [2.45, 2.75) is 19.3 Å². The van der Waals surface area contributed by atoms with Gasteiger partial charge in [-0.05, 0) is 36.3 Å². The van der Waals surface area contributed by atoms with E-state index in [4.69, 9.17) is 4.74 Å². The molecule has 0 aliphatic carbocycles. The summed E-state index contributed by atoms with van der Waals surface area (Å²) < 4.78 is 5.85. The largest absolute Gasteiger partial charge is 0.486 e. The van der Waals surface area contributed by atoms with Crippen LogP contribution in [0.3, 0.4) is 0 Å². The van der Waals surface area contributed by atoms with E-state index in [1.807, 2.05) is 23.1 Å². The zero-order valence-corrected chi connectivity index (χ0v) is 16.3.